The van der Waals surface area contributed by atoms with E-state index in [2.05, 4.69) is 10.6 Å². The normalized spacial score (nSPS) is 24.3. The maximum atomic E-state index is 9.69. The molecular formula is C13H19ClN2O3. The molecular weight excluding hydrogens is 268 g/mol. The summed E-state index contributed by atoms with van der Waals surface area (Å²) in [7, 11) is 0. The van der Waals surface area contributed by atoms with E-state index in [0.29, 0.717) is 19.3 Å². The average molecular weight is 287 g/mol. The molecule has 0 aromatic heterocycles. The summed E-state index contributed by atoms with van der Waals surface area (Å²) in [5, 5.41) is 16.2. The molecule has 19 heavy (non-hydrogen) atoms. The lowest BCUT2D eigenvalue weighted by atomic mass is 10.1. The summed E-state index contributed by atoms with van der Waals surface area (Å²) in [6, 6.07) is 5.91. The standard InChI is InChI=1S/C13H18N2O3.ClH/c16-11-7-15-6-10(11)5-14-4-9-2-1-3-12-13(9)18-8-17-12;/h1-3,10-11,14-16H,4-8H2;1H. The van der Waals surface area contributed by atoms with Gasteiger partial charge in [0.15, 0.2) is 11.5 Å². The third-order valence-corrected chi connectivity index (χ3v) is 3.50. The summed E-state index contributed by atoms with van der Waals surface area (Å²) in [6.45, 7) is 3.41. The number of β-amino-alcohol motifs (C(OH)–C–C–N with tert-alkyl or cyclic N) is 1. The average Bonchev–Trinajstić information content (AvgIpc) is 2.99. The summed E-state index contributed by atoms with van der Waals surface area (Å²) in [5.41, 5.74) is 1.10. The minimum atomic E-state index is -0.237. The molecule has 2 aliphatic heterocycles. The van der Waals surface area contributed by atoms with Gasteiger partial charge < -0.3 is 25.2 Å². The second-order valence-electron chi connectivity index (χ2n) is 4.77. The number of ether oxygens (including phenoxy) is 2. The lowest BCUT2D eigenvalue weighted by Crippen LogP contribution is -2.30. The first-order valence-corrected chi connectivity index (χ1v) is 6.31. The number of para-hydroxylation sites is 1. The van der Waals surface area contributed by atoms with Gasteiger partial charge in [-0.15, -0.1) is 12.4 Å². The first kappa shape index (κ1) is 14.4. The van der Waals surface area contributed by atoms with Gasteiger partial charge in [-0.05, 0) is 6.07 Å². The van der Waals surface area contributed by atoms with Gasteiger partial charge in [0.05, 0.1) is 6.10 Å². The van der Waals surface area contributed by atoms with Crippen LogP contribution in [0.1, 0.15) is 5.56 Å². The summed E-state index contributed by atoms with van der Waals surface area (Å²) >= 11 is 0. The molecule has 106 valence electrons. The molecule has 2 aliphatic rings. The molecule has 0 radical (unpaired) electrons. The number of rotatable bonds is 4. The van der Waals surface area contributed by atoms with Crippen LogP contribution in [0, 0.1) is 5.92 Å². The molecule has 1 aromatic carbocycles. The summed E-state index contributed by atoms with van der Waals surface area (Å²) < 4.78 is 10.8. The lowest BCUT2D eigenvalue weighted by Gasteiger charge is -2.14. The van der Waals surface area contributed by atoms with E-state index in [1.807, 2.05) is 18.2 Å². The minimum absolute atomic E-state index is 0. The van der Waals surface area contributed by atoms with Gasteiger partial charge in [-0.1, -0.05) is 12.1 Å². The van der Waals surface area contributed by atoms with E-state index < -0.39 is 0 Å². The number of nitrogens with one attached hydrogen (secondary N) is 2. The molecule has 2 unspecified atom stereocenters. The predicted octanol–water partition coefficient (Wildman–Crippen LogP) is 0.507. The Balaban J connectivity index is 0.00000133. The van der Waals surface area contributed by atoms with Gasteiger partial charge in [0.2, 0.25) is 6.79 Å². The first-order chi connectivity index (χ1) is 8.84. The number of halogens is 1. The van der Waals surface area contributed by atoms with Crippen molar-refractivity contribution in [3.05, 3.63) is 23.8 Å². The van der Waals surface area contributed by atoms with E-state index in [1.165, 1.54) is 0 Å². The molecule has 1 saturated heterocycles. The van der Waals surface area contributed by atoms with Crippen LogP contribution in [0.5, 0.6) is 11.5 Å². The predicted molar refractivity (Wildman–Crippen MR) is 73.9 cm³/mol. The molecule has 0 saturated carbocycles. The summed E-state index contributed by atoms with van der Waals surface area (Å²) in [4.78, 5) is 0. The van der Waals surface area contributed by atoms with Gasteiger partial charge >= 0.3 is 0 Å². The Kier molecular flexibility index (Phi) is 4.87. The number of aliphatic hydroxyl groups is 1. The Morgan fingerprint density at radius 1 is 1.32 bits per heavy atom. The highest BCUT2D eigenvalue weighted by atomic mass is 35.5. The van der Waals surface area contributed by atoms with Crippen LogP contribution in [0.4, 0.5) is 0 Å². The Morgan fingerprint density at radius 3 is 3.00 bits per heavy atom. The molecule has 0 spiro atoms. The number of hydrogen-bond acceptors (Lipinski definition) is 5. The fraction of sp³-hybridized carbons (Fsp3) is 0.538. The van der Waals surface area contributed by atoms with Gasteiger partial charge in [-0.3, -0.25) is 0 Å². The van der Waals surface area contributed by atoms with Crippen molar-refractivity contribution in [3.8, 4) is 11.5 Å². The zero-order chi connectivity index (χ0) is 12.4. The Hall–Kier alpha value is -1.01. The van der Waals surface area contributed by atoms with E-state index in [9.17, 15) is 5.11 Å². The van der Waals surface area contributed by atoms with Crippen LogP contribution in [-0.2, 0) is 6.54 Å². The quantitative estimate of drug-likeness (QED) is 0.753. The monoisotopic (exact) mass is 286 g/mol. The Labute approximate surface area is 118 Å². The van der Waals surface area contributed by atoms with Crippen molar-refractivity contribution in [2.24, 2.45) is 5.92 Å². The van der Waals surface area contributed by atoms with Crippen LogP contribution in [0.2, 0.25) is 0 Å². The maximum Gasteiger partial charge on any atom is 0.231 e. The van der Waals surface area contributed by atoms with Gasteiger partial charge in [0, 0.05) is 37.7 Å². The number of hydrogen-bond donors (Lipinski definition) is 3. The molecule has 2 heterocycles. The van der Waals surface area contributed by atoms with E-state index in [1.54, 1.807) is 0 Å². The zero-order valence-corrected chi connectivity index (χ0v) is 11.4. The highest BCUT2D eigenvalue weighted by Gasteiger charge is 2.24. The highest BCUT2D eigenvalue weighted by Crippen LogP contribution is 2.35. The largest absolute Gasteiger partial charge is 0.454 e. The molecule has 0 aliphatic carbocycles. The van der Waals surface area contributed by atoms with Crippen molar-refractivity contribution in [3.63, 3.8) is 0 Å². The van der Waals surface area contributed by atoms with Crippen LogP contribution < -0.4 is 20.1 Å². The SMILES string of the molecule is Cl.OC1CNCC1CNCc1cccc2c1OCO2. The highest BCUT2D eigenvalue weighted by molar-refractivity contribution is 5.85. The second kappa shape index (κ2) is 6.43. The lowest BCUT2D eigenvalue weighted by molar-refractivity contribution is 0.146. The van der Waals surface area contributed by atoms with Gasteiger partial charge in [0.25, 0.3) is 0 Å². The van der Waals surface area contributed by atoms with Crippen LogP contribution in [0.15, 0.2) is 18.2 Å². The number of aliphatic hydroxyl groups excluding tert-OH is 1. The van der Waals surface area contributed by atoms with Crippen molar-refractivity contribution >= 4 is 12.4 Å². The van der Waals surface area contributed by atoms with E-state index in [4.69, 9.17) is 9.47 Å². The molecule has 1 fully saturated rings. The fourth-order valence-electron chi connectivity index (χ4n) is 2.45. The van der Waals surface area contributed by atoms with Crippen LogP contribution in [-0.4, -0.2) is 37.6 Å². The molecule has 0 amide bonds. The summed E-state index contributed by atoms with van der Waals surface area (Å²) in [5.74, 6) is 1.95. The van der Waals surface area contributed by atoms with Crippen molar-refractivity contribution in [1.29, 1.82) is 0 Å². The Bertz CT molecular complexity index is 430. The smallest absolute Gasteiger partial charge is 0.231 e. The van der Waals surface area contributed by atoms with Gasteiger partial charge in [-0.2, -0.15) is 0 Å². The molecule has 2 atom stereocenters. The molecule has 5 nitrogen and oxygen atoms in total. The topological polar surface area (TPSA) is 62.8 Å². The van der Waals surface area contributed by atoms with Crippen LogP contribution in [0.25, 0.3) is 0 Å². The summed E-state index contributed by atoms with van der Waals surface area (Å²) in [6.07, 6.45) is -0.237. The maximum absolute atomic E-state index is 9.69. The zero-order valence-electron chi connectivity index (χ0n) is 10.6. The van der Waals surface area contributed by atoms with E-state index >= 15 is 0 Å². The van der Waals surface area contributed by atoms with Gasteiger partial charge in [0.1, 0.15) is 0 Å². The fourth-order valence-corrected chi connectivity index (χ4v) is 2.45. The van der Waals surface area contributed by atoms with Crippen LogP contribution in [0.3, 0.4) is 0 Å². The molecule has 6 heteroatoms. The van der Waals surface area contributed by atoms with E-state index in [-0.39, 0.29) is 18.5 Å². The van der Waals surface area contributed by atoms with E-state index in [0.717, 1.165) is 36.7 Å². The Morgan fingerprint density at radius 2 is 2.21 bits per heavy atom. The first-order valence-electron chi connectivity index (χ1n) is 6.31. The van der Waals surface area contributed by atoms with Gasteiger partial charge in [-0.25, -0.2) is 0 Å². The third kappa shape index (κ3) is 3.12. The molecule has 3 rings (SSSR count). The van der Waals surface area contributed by atoms with Crippen molar-refractivity contribution in [2.45, 2.75) is 12.6 Å². The third-order valence-electron chi connectivity index (χ3n) is 3.50. The number of fused-ring (bicyclic) bond motifs is 1. The van der Waals surface area contributed by atoms with Crippen molar-refractivity contribution < 1.29 is 14.6 Å². The minimum Gasteiger partial charge on any atom is -0.454 e. The molecule has 3 N–H and O–H groups in total. The second-order valence-corrected chi connectivity index (χ2v) is 4.77. The van der Waals surface area contributed by atoms with Crippen molar-refractivity contribution in [1.82, 2.24) is 10.6 Å². The van der Waals surface area contributed by atoms with Crippen LogP contribution >= 0.6 is 12.4 Å². The van der Waals surface area contributed by atoms with Crippen molar-refractivity contribution in [2.75, 3.05) is 26.4 Å². The number of benzene rings is 1. The molecule has 0 bridgehead atoms. The molecule has 1 aromatic rings.